The molecule has 0 aliphatic rings. The number of benzene rings is 2. The molecule has 0 spiro atoms. The summed E-state index contributed by atoms with van der Waals surface area (Å²) >= 11 is 0.888. The van der Waals surface area contributed by atoms with E-state index in [1.807, 2.05) is 0 Å². The SMILES string of the molecule is O=C(Nc1ccccc1)c1nnc(CNS(=O)(=O)c2ccc(F)cc2F)s1. The van der Waals surface area contributed by atoms with Crippen LogP contribution in [0.15, 0.2) is 53.4 Å². The van der Waals surface area contributed by atoms with Gasteiger partial charge in [0.25, 0.3) is 5.91 Å². The molecule has 2 N–H and O–H groups in total. The Labute approximate surface area is 157 Å². The first kappa shape index (κ1) is 19.0. The van der Waals surface area contributed by atoms with Gasteiger partial charge in [-0.25, -0.2) is 21.9 Å². The van der Waals surface area contributed by atoms with E-state index in [0.717, 1.165) is 23.5 Å². The summed E-state index contributed by atoms with van der Waals surface area (Å²) in [6, 6.07) is 10.9. The number of halogens is 2. The van der Waals surface area contributed by atoms with Gasteiger partial charge < -0.3 is 5.32 Å². The maximum Gasteiger partial charge on any atom is 0.286 e. The molecule has 1 heterocycles. The predicted octanol–water partition coefficient (Wildman–Crippen LogP) is 2.55. The molecule has 0 atom stereocenters. The quantitative estimate of drug-likeness (QED) is 0.650. The van der Waals surface area contributed by atoms with Gasteiger partial charge in [0, 0.05) is 11.8 Å². The van der Waals surface area contributed by atoms with Gasteiger partial charge >= 0.3 is 0 Å². The fourth-order valence-corrected chi connectivity index (χ4v) is 3.86. The van der Waals surface area contributed by atoms with Crippen LogP contribution in [0.5, 0.6) is 0 Å². The van der Waals surface area contributed by atoms with Crippen molar-refractivity contribution in [3.8, 4) is 0 Å². The van der Waals surface area contributed by atoms with Crippen LogP contribution in [-0.2, 0) is 16.6 Å². The molecule has 0 unspecified atom stereocenters. The number of carbonyl (C=O) groups excluding carboxylic acids is 1. The molecular weight excluding hydrogens is 398 g/mol. The molecule has 2 aromatic carbocycles. The van der Waals surface area contributed by atoms with Crippen LogP contribution in [0, 0.1) is 11.6 Å². The summed E-state index contributed by atoms with van der Waals surface area (Å²) in [5, 5.41) is 10.3. The van der Waals surface area contributed by atoms with Crippen LogP contribution in [0.25, 0.3) is 0 Å². The van der Waals surface area contributed by atoms with Gasteiger partial charge in [-0.15, -0.1) is 10.2 Å². The van der Waals surface area contributed by atoms with Crippen LogP contribution in [-0.4, -0.2) is 24.5 Å². The molecule has 0 fully saturated rings. The zero-order valence-corrected chi connectivity index (χ0v) is 15.2. The molecule has 0 aliphatic heterocycles. The van der Waals surface area contributed by atoms with E-state index in [0.29, 0.717) is 11.8 Å². The molecule has 3 aromatic rings. The summed E-state index contributed by atoms with van der Waals surface area (Å²) in [6.07, 6.45) is 0. The molecule has 0 radical (unpaired) electrons. The van der Waals surface area contributed by atoms with E-state index in [2.05, 4.69) is 20.2 Å². The molecule has 0 saturated carbocycles. The van der Waals surface area contributed by atoms with E-state index in [-0.39, 0.29) is 16.6 Å². The first-order valence-electron chi connectivity index (χ1n) is 7.48. The Kier molecular flexibility index (Phi) is 5.54. The summed E-state index contributed by atoms with van der Waals surface area (Å²) in [6.45, 7) is -0.296. The highest BCUT2D eigenvalue weighted by Gasteiger charge is 2.21. The molecule has 0 aliphatic carbocycles. The van der Waals surface area contributed by atoms with Gasteiger partial charge in [0.2, 0.25) is 15.0 Å². The van der Waals surface area contributed by atoms with Crippen molar-refractivity contribution in [2.24, 2.45) is 0 Å². The topological polar surface area (TPSA) is 101 Å². The Morgan fingerprint density at radius 2 is 1.81 bits per heavy atom. The van der Waals surface area contributed by atoms with Crippen molar-refractivity contribution in [2.45, 2.75) is 11.4 Å². The second-order valence-corrected chi connectivity index (χ2v) is 8.02. The van der Waals surface area contributed by atoms with Crippen LogP contribution in [0.2, 0.25) is 0 Å². The largest absolute Gasteiger partial charge is 0.320 e. The summed E-state index contributed by atoms with van der Waals surface area (Å²) in [7, 11) is -4.22. The third-order valence-corrected chi connectivity index (χ3v) is 5.65. The van der Waals surface area contributed by atoms with E-state index in [1.165, 1.54) is 0 Å². The zero-order chi connectivity index (χ0) is 19.4. The average Bonchev–Trinajstić information content (AvgIpc) is 3.10. The molecule has 27 heavy (non-hydrogen) atoms. The molecular formula is C16H12F2N4O3S2. The third kappa shape index (κ3) is 4.70. The van der Waals surface area contributed by atoms with Crippen molar-refractivity contribution in [2.75, 3.05) is 5.32 Å². The van der Waals surface area contributed by atoms with Crippen molar-refractivity contribution in [3.63, 3.8) is 0 Å². The van der Waals surface area contributed by atoms with Crippen molar-refractivity contribution in [1.82, 2.24) is 14.9 Å². The fourth-order valence-electron chi connectivity index (χ4n) is 2.05. The second kappa shape index (κ2) is 7.86. The van der Waals surface area contributed by atoms with Gasteiger partial charge in [-0.05, 0) is 24.3 Å². The van der Waals surface area contributed by atoms with Crippen molar-refractivity contribution in [3.05, 3.63) is 70.2 Å². The van der Waals surface area contributed by atoms with Gasteiger partial charge in [-0.1, -0.05) is 29.5 Å². The third-order valence-electron chi connectivity index (χ3n) is 3.29. The molecule has 3 rings (SSSR count). The first-order valence-corrected chi connectivity index (χ1v) is 9.78. The maximum atomic E-state index is 13.7. The second-order valence-electron chi connectivity index (χ2n) is 5.22. The average molecular weight is 410 g/mol. The van der Waals surface area contributed by atoms with E-state index < -0.39 is 32.5 Å². The predicted molar refractivity (Wildman–Crippen MR) is 94.7 cm³/mol. The van der Waals surface area contributed by atoms with E-state index in [4.69, 9.17) is 0 Å². The number of hydrogen-bond donors (Lipinski definition) is 2. The lowest BCUT2D eigenvalue weighted by Gasteiger charge is -2.06. The van der Waals surface area contributed by atoms with Crippen LogP contribution in [0.1, 0.15) is 14.8 Å². The molecule has 1 aromatic heterocycles. The number of hydrogen-bond acceptors (Lipinski definition) is 6. The summed E-state index contributed by atoms with van der Waals surface area (Å²) in [5.74, 6) is -2.58. The van der Waals surface area contributed by atoms with Gasteiger partial charge in [0.1, 0.15) is 21.5 Å². The fraction of sp³-hybridized carbons (Fsp3) is 0.0625. The Balaban J connectivity index is 1.66. The molecule has 140 valence electrons. The minimum absolute atomic E-state index is 0.0426. The Morgan fingerprint density at radius 1 is 1.07 bits per heavy atom. The van der Waals surface area contributed by atoms with Gasteiger partial charge in [0.15, 0.2) is 0 Å². The molecule has 0 bridgehead atoms. The highest BCUT2D eigenvalue weighted by molar-refractivity contribution is 7.89. The monoisotopic (exact) mass is 410 g/mol. The van der Waals surface area contributed by atoms with Gasteiger partial charge in [0.05, 0.1) is 6.54 Å². The van der Waals surface area contributed by atoms with Crippen LogP contribution < -0.4 is 10.0 Å². The number of anilines is 1. The van der Waals surface area contributed by atoms with Crippen LogP contribution in [0.4, 0.5) is 14.5 Å². The highest BCUT2D eigenvalue weighted by Crippen LogP contribution is 2.17. The number of amides is 1. The normalized spacial score (nSPS) is 11.3. The smallest absolute Gasteiger partial charge is 0.286 e. The number of sulfonamides is 1. The van der Waals surface area contributed by atoms with E-state index in [1.54, 1.807) is 30.3 Å². The Hall–Kier alpha value is -2.76. The van der Waals surface area contributed by atoms with Gasteiger partial charge in [-0.2, -0.15) is 0 Å². The standard InChI is InChI=1S/C16H12F2N4O3S2/c17-10-6-7-13(12(18)8-10)27(24,25)19-9-14-21-22-16(26-14)15(23)20-11-4-2-1-3-5-11/h1-8,19H,9H2,(H,20,23). The summed E-state index contributed by atoms with van der Waals surface area (Å²) in [5.41, 5.74) is 0.576. The lowest BCUT2D eigenvalue weighted by atomic mass is 10.3. The Morgan fingerprint density at radius 3 is 2.52 bits per heavy atom. The number of rotatable bonds is 6. The van der Waals surface area contributed by atoms with Crippen molar-refractivity contribution >= 4 is 33.0 Å². The van der Waals surface area contributed by atoms with Crippen molar-refractivity contribution < 1.29 is 22.0 Å². The van der Waals surface area contributed by atoms with Crippen LogP contribution in [0.3, 0.4) is 0 Å². The lowest BCUT2D eigenvalue weighted by molar-refractivity contribution is 0.102. The molecule has 1 amide bonds. The number of nitrogens with one attached hydrogen (secondary N) is 2. The minimum Gasteiger partial charge on any atom is -0.320 e. The summed E-state index contributed by atoms with van der Waals surface area (Å²) < 4.78 is 52.9. The number of aromatic nitrogens is 2. The zero-order valence-electron chi connectivity index (χ0n) is 13.5. The van der Waals surface area contributed by atoms with Crippen molar-refractivity contribution in [1.29, 1.82) is 0 Å². The number of para-hydroxylation sites is 1. The highest BCUT2D eigenvalue weighted by atomic mass is 32.2. The maximum absolute atomic E-state index is 13.7. The minimum atomic E-state index is -4.22. The Bertz CT molecular complexity index is 1070. The number of nitrogens with zero attached hydrogens (tertiary/aromatic N) is 2. The summed E-state index contributed by atoms with van der Waals surface area (Å²) in [4.78, 5) is 11.4. The van der Waals surface area contributed by atoms with E-state index in [9.17, 15) is 22.0 Å². The molecule has 11 heteroatoms. The molecule has 7 nitrogen and oxygen atoms in total. The van der Waals surface area contributed by atoms with Gasteiger partial charge in [-0.3, -0.25) is 4.79 Å². The number of carbonyl (C=O) groups is 1. The van der Waals surface area contributed by atoms with E-state index >= 15 is 0 Å². The van der Waals surface area contributed by atoms with Crippen LogP contribution >= 0.6 is 11.3 Å². The first-order chi connectivity index (χ1) is 12.8. The lowest BCUT2D eigenvalue weighted by Crippen LogP contribution is -2.24. The molecule has 0 saturated heterocycles.